The molecule has 15 heavy (non-hydrogen) atoms. The Labute approximate surface area is 88.7 Å². The first kappa shape index (κ1) is 13.6. The van der Waals surface area contributed by atoms with Crippen molar-refractivity contribution in [3.63, 3.8) is 0 Å². The molecule has 1 N–H and O–H groups in total. The number of rotatable bonds is 1. The Morgan fingerprint density at radius 1 is 1.73 bits per heavy atom. The largest absolute Gasteiger partial charge is 0.466 e. The highest BCUT2D eigenvalue weighted by molar-refractivity contribution is 5.80. The molecule has 0 radical (unpaired) electrons. The highest BCUT2D eigenvalue weighted by Crippen LogP contribution is 2.19. The number of methoxy groups -OCH3 is 1. The van der Waals surface area contributed by atoms with Gasteiger partial charge in [-0.05, 0) is 6.92 Å². The summed E-state index contributed by atoms with van der Waals surface area (Å²) in [7, 11) is 1.31. The van der Waals surface area contributed by atoms with Crippen LogP contribution < -0.4 is 0 Å². The smallest absolute Gasteiger partial charge is 0.329 e. The second kappa shape index (κ2) is 6.19. The molecular formula is C10H16O5. The fourth-order valence-corrected chi connectivity index (χ4v) is 0.918. The molecule has 1 fully saturated rings. The van der Waals surface area contributed by atoms with Crippen molar-refractivity contribution in [3.05, 3.63) is 12.7 Å². The molecule has 0 aromatic rings. The molecule has 1 unspecified atom stereocenters. The number of carbonyl (C=O) groups excluding carboxylic acids is 2. The number of hydrogen-bond donors (Lipinski definition) is 1. The van der Waals surface area contributed by atoms with E-state index in [2.05, 4.69) is 16.1 Å². The lowest BCUT2D eigenvalue weighted by atomic mass is 9.97. The van der Waals surface area contributed by atoms with Crippen molar-refractivity contribution in [2.75, 3.05) is 13.7 Å². The number of hydrogen-bond acceptors (Lipinski definition) is 5. The molecule has 0 spiro atoms. The summed E-state index contributed by atoms with van der Waals surface area (Å²) >= 11 is 0. The summed E-state index contributed by atoms with van der Waals surface area (Å²) in [6.45, 7) is 5.16. The van der Waals surface area contributed by atoms with Gasteiger partial charge in [0.15, 0.2) is 0 Å². The van der Waals surface area contributed by atoms with Crippen LogP contribution in [0.25, 0.3) is 0 Å². The van der Waals surface area contributed by atoms with Crippen LogP contribution in [0.2, 0.25) is 0 Å². The van der Waals surface area contributed by atoms with Crippen LogP contribution in [-0.2, 0) is 19.1 Å². The maximum absolute atomic E-state index is 10.5. The van der Waals surface area contributed by atoms with Crippen LogP contribution in [0.15, 0.2) is 12.7 Å². The minimum absolute atomic E-state index is 0.132. The van der Waals surface area contributed by atoms with Crippen LogP contribution in [0.4, 0.5) is 0 Å². The zero-order valence-corrected chi connectivity index (χ0v) is 8.99. The first-order valence-corrected chi connectivity index (χ1v) is 4.49. The van der Waals surface area contributed by atoms with Gasteiger partial charge in [0.2, 0.25) is 0 Å². The van der Waals surface area contributed by atoms with Crippen molar-refractivity contribution in [3.8, 4) is 0 Å². The Kier molecular flexibility index (Phi) is 5.62. The van der Waals surface area contributed by atoms with E-state index in [-0.39, 0.29) is 12.4 Å². The molecule has 1 aliphatic heterocycles. The molecule has 0 saturated carbocycles. The maximum atomic E-state index is 10.5. The van der Waals surface area contributed by atoms with Gasteiger partial charge in [0.1, 0.15) is 0 Å². The van der Waals surface area contributed by atoms with Crippen molar-refractivity contribution in [2.24, 2.45) is 0 Å². The van der Waals surface area contributed by atoms with E-state index in [1.165, 1.54) is 7.11 Å². The van der Waals surface area contributed by atoms with E-state index in [0.29, 0.717) is 13.0 Å². The number of ether oxygens (including phenoxy) is 2. The maximum Gasteiger partial charge on any atom is 0.329 e. The van der Waals surface area contributed by atoms with E-state index in [1.807, 2.05) is 0 Å². The van der Waals surface area contributed by atoms with E-state index in [1.54, 1.807) is 6.92 Å². The second-order valence-corrected chi connectivity index (χ2v) is 3.37. The normalized spacial score (nSPS) is 24.3. The molecule has 86 valence electrons. The van der Waals surface area contributed by atoms with Gasteiger partial charge in [-0.25, -0.2) is 4.79 Å². The van der Waals surface area contributed by atoms with Crippen molar-refractivity contribution < 1.29 is 24.2 Å². The third-order valence-corrected chi connectivity index (χ3v) is 1.80. The van der Waals surface area contributed by atoms with Gasteiger partial charge >= 0.3 is 11.9 Å². The molecule has 1 saturated heterocycles. The predicted octanol–water partition coefficient (Wildman–Crippen LogP) is 0.420. The van der Waals surface area contributed by atoms with Gasteiger partial charge in [-0.15, -0.1) is 0 Å². The standard InChI is InChI=1S/C6H10O3.C4H6O2/c1-6(8)2-3-9-5(7)4-6;1-3-4(5)6-2/h8H,2-4H2,1H3;3H,1H2,2H3. The molecule has 0 aromatic heterocycles. The van der Waals surface area contributed by atoms with Crippen LogP contribution in [0.5, 0.6) is 0 Å². The summed E-state index contributed by atoms with van der Waals surface area (Å²) < 4.78 is 8.76. The van der Waals surface area contributed by atoms with Gasteiger partial charge in [0.25, 0.3) is 0 Å². The lowest BCUT2D eigenvalue weighted by Gasteiger charge is -2.26. The lowest BCUT2D eigenvalue weighted by Crippen LogP contribution is -2.35. The molecule has 1 heterocycles. The Morgan fingerprint density at radius 2 is 2.33 bits per heavy atom. The fourth-order valence-electron chi connectivity index (χ4n) is 0.918. The predicted molar refractivity (Wildman–Crippen MR) is 53.0 cm³/mol. The van der Waals surface area contributed by atoms with E-state index < -0.39 is 11.6 Å². The Balaban J connectivity index is 0.000000288. The molecule has 0 bridgehead atoms. The molecule has 1 aliphatic rings. The van der Waals surface area contributed by atoms with E-state index >= 15 is 0 Å². The van der Waals surface area contributed by atoms with Gasteiger partial charge in [-0.3, -0.25) is 4.79 Å². The third-order valence-electron chi connectivity index (χ3n) is 1.80. The van der Waals surface area contributed by atoms with Crippen molar-refractivity contribution in [2.45, 2.75) is 25.4 Å². The van der Waals surface area contributed by atoms with Gasteiger partial charge in [0.05, 0.1) is 25.7 Å². The molecule has 0 aromatic carbocycles. The van der Waals surface area contributed by atoms with E-state index in [9.17, 15) is 14.7 Å². The SMILES string of the molecule is C=CC(=O)OC.CC1(O)CCOC(=O)C1. The van der Waals surface area contributed by atoms with E-state index in [0.717, 1.165) is 6.08 Å². The monoisotopic (exact) mass is 216 g/mol. The molecule has 1 rings (SSSR count). The van der Waals surface area contributed by atoms with Gasteiger partial charge < -0.3 is 14.6 Å². The number of aliphatic hydroxyl groups is 1. The number of carbonyl (C=O) groups is 2. The summed E-state index contributed by atoms with van der Waals surface area (Å²) in [5.74, 6) is -0.693. The molecule has 5 heteroatoms. The minimum Gasteiger partial charge on any atom is -0.466 e. The molecule has 1 atom stereocenters. The highest BCUT2D eigenvalue weighted by Gasteiger charge is 2.29. The topological polar surface area (TPSA) is 72.8 Å². The Bertz CT molecular complexity index is 244. The first-order valence-electron chi connectivity index (χ1n) is 4.49. The summed E-state index contributed by atoms with van der Waals surface area (Å²) in [6, 6.07) is 0. The van der Waals surface area contributed by atoms with Crippen molar-refractivity contribution in [1.29, 1.82) is 0 Å². The van der Waals surface area contributed by atoms with Crippen molar-refractivity contribution >= 4 is 11.9 Å². The Morgan fingerprint density at radius 3 is 2.53 bits per heavy atom. The van der Waals surface area contributed by atoms with Gasteiger partial charge in [-0.2, -0.15) is 0 Å². The van der Waals surface area contributed by atoms with Gasteiger partial charge in [0, 0.05) is 12.5 Å². The second-order valence-electron chi connectivity index (χ2n) is 3.37. The summed E-state index contributed by atoms with van der Waals surface area (Å²) in [5, 5.41) is 9.24. The van der Waals surface area contributed by atoms with Crippen LogP contribution >= 0.6 is 0 Å². The van der Waals surface area contributed by atoms with Gasteiger partial charge in [-0.1, -0.05) is 6.58 Å². The first-order chi connectivity index (χ1) is 6.91. The summed E-state index contributed by atoms with van der Waals surface area (Å²) in [4.78, 5) is 20.3. The van der Waals surface area contributed by atoms with Crippen LogP contribution in [0, 0.1) is 0 Å². The number of esters is 2. The molecule has 0 aliphatic carbocycles. The quantitative estimate of drug-likeness (QED) is 0.508. The average molecular weight is 216 g/mol. The van der Waals surface area contributed by atoms with Crippen LogP contribution in [0.3, 0.4) is 0 Å². The third kappa shape index (κ3) is 6.68. The average Bonchev–Trinajstić information content (AvgIpc) is 2.15. The van der Waals surface area contributed by atoms with Crippen LogP contribution in [-0.4, -0.2) is 36.4 Å². The fraction of sp³-hybridized carbons (Fsp3) is 0.600. The summed E-state index contributed by atoms with van der Waals surface area (Å²) in [6.07, 6.45) is 1.80. The number of cyclic esters (lactones) is 1. The summed E-state index contributed by atoms with van der Waals surface area (Å²) in [5.41, 5.74) is -0.824. The van der Waals surface area contributed by atoms with Crippen molar-refractivity contribution in [1.82, 2.24) is 0 Å². The lowest BCUT2D eigenvalue weighted by molar-refractivity contribution is -0.157. The zero-order valence-electron chi connectivity index (χ0n) is 8.99. The highest BCUT2D eigenvalue weighted by atomic mass is 16.5. The molecular weight excluding hydrogens is 200 g/mol. The Hall–Kier alpha value is -1.36. The zero-order chi connectivity index (χ0) is 11.9. The van der Waals surface area contributed by atoms with E-state index in [4.69, 9.17) is 0 Å². The molecule has 0 amide bonds. The molecule has 5 nitrogen and oxygen atoms in total. The minimum atomic E-state index is -0.824. The van der Waals surface area contributed by atoms with Crippen LogP contribution in [0.1, 0.15) is 19.8 Å².